The van der Waals surface area contributed by atoms with Gasteiger partial charge in [0.2, 0.25) is 0 Å². The molecule has 1 aromatic rings. The number of hydrogen-bond donors (Lipinski definition) is 2. The van der Waals surface area contributed by atoms with Gasteiger partial charge in [-0.1, -0.05) is 19.0 Å². The van der Waals surface area contributed by atoms with E-state index in [1.807, 2.05) is 20.8 Å². The highest BCUT2D eigenvalue weighted by atomic mass is 127. The van der Waals surface area contributed by atoms with E-state index in [1.54, 1.807) is 0 Å². The SMILES string of the molecule is CCNC(=NCCC(OCC)C(C)C)NCCc1c(C)noc1C.I. The van der Waals surface area contributed by atoms with Gasteiger partial charge >= 0.3 is 0 Å². The molecule has 0 bridgehead atoms. The van der Waals surface area contributed by atoms with Gasteiger partial charge in [0, 0.05) is 31.8 Å². The van der Waals surface area contributed by atoms with Crippen LogP contribution in [-0.4, -0.2) is 43.5 Å². The van der Waals surface area contributed by atoms with Gasteiger partial charge in [0.05, 0.1) is 11.8 Å². The molecule has 25 heavy (non-hydrogen) atoms. The Morgan fingerprint density at radius 2 is 1.96 bits per heavy atom. The van der Waals surface area contributed by atoms with Gasteiger partial charge in [0.15, 0.2) is 5.96 Å². The molecule has 0 radical (unpaired) electrons. The second-order valence-electron chi connectivity index (χ2n) is 6.27. The number of rotatable bonds is 10. The molecule has 1 rings (SSSR count). The van der Waals surface area contributed by atoms with Crippen molar-refractivity contribution in [2.75, 3.05) is 26.2 Å². The molecule has 2 N–H and O–H groups in total. The van der Waals surface area contributed by atoms with Gasteiger partial charge in [-0.15, -0.1) is 24.0 Å². The number of hydrogen-bond acceptors (Lipinski definition) is 4. The van der Waals surface area contributed by atoms with E-state index in [2.05, 4.69) is 41.6 Å². The zero-order chi connectivity index (χ0) is 17.9. The van der Waals surface area contributed by atoms with Crippen molar-refractivity contribution >= 4 is 29.9 Å². The molecule has 6 nitrogen and oxygen atoms in total. The first-order valence-electron chi connectivity index (χ1n) is 9.05. The number of halogens is 1. The predicted molar refractivity (Wildman–Crippen MR) is 114 cm³/mol. The Morgan fingerprint density at radius 1 is 1.24 bits per heavy atom. The highest BCUT2D eigenvalue weighted by Gasteiger charge is 2.13. The highest BCUT2D eigenvalue weighted by molar-refractivity contribution is 14.0. The summed E-state index contributed by atoms with van der Waals surface area (Å²) in [7, 11) is 0. The second kappa shape index (κ2) is 13.4. The molecule has 0 aliphatic rings. The predicted octanol–water partition coefficient (Wildman–Crippen LogP) is 3.46. The molecule has 1 atom stereocenters. The molecule has 0 fully saturated rings. The fraction of sp³-hybridized carbons (Fsp3) is 0.778. The Labute approximate surface area is 169 Å². The molecule has 0 aliphatic heterocycles. The number of ether oxygens (including phenoxy) is 1. The molecular weight excluding hydrogens is 431 g/mol. The van der Waals surface area contributed by atoms with Crippen LogP contribution in [0.25, 0.3) is 0 Å². The van der Waals surface area contributed by atoms with Crippen LogP contribution in [0.4, 0.5) is 0 Å². The minimum Gasteiger partial charge on any atom is -0.378 e. The molecule has 0 spiro atoms. The van der Waals surface area contributed by atoms with Crippen molar-refractivity contribution in [3.8, 4) is 0 Å². The average Bonchev–Trinajstić information content (AvgIpc) is 2.85. The summed E-state index contributed by atoms with van der Waals surface area (Å²) in [5.74, 6) is 2.26. The lowest BCUT2D eigenvalue weighted by atomic mass is 10.0. The van der Waals surface area contributed by atoms with Crippen LogP contribution < -0.4 is 10.6 Å². The number of aromatic nitrogens is 1. The Hall–Kier alpha value is -0.830. The van der Waals surface area contributed by atoms with E-state index < -0.39 is 0 Å². The summed E-state index contributed by atoms with van der Waals surface area (Å²) in [6, 6.07) is 0. The van der Waals surface area contributed by atoms with E-state index in [0.717, 1.165) is 56.5 Å². The van der Waals surface area contributed by atoms with Gasteiger partial charge in [-0.3, -0.25) is 4.99 Å². The number of nitrogens with zero attached hydrogens (tertiary/aromatic N) is 2. The van der Waals surface area contributed by atoms with Crippen LogP contribution in [0.3, 0.4) is 0 Å². The van der Waals surface area contributed by atoms with Crippen LogP contribution in [0.5, 0.6) is 0 Å². The monoisotopic (exact) mass is 466 g/mol. The van der Waals surface area contributed by atoms with Crippen molar-refractivity contribution in [2.24, 2.45) is 10.9 Å². The molecule has 146 valence electrons. The largest absolute Gasteiger partial charge is 0.378 e. The molecule has 7 heteroatoms. The first-order valence-corrected chi connectivity index (χ1v) is 9.05. The lowest BCUT2D eigenvalue weighted by Crippen LogP contribution is -2.38. The van der Waals surface area contributed by atoms with Gasteiger partial charge in [0.1, 0.15) is 5.76 Å². The summed E-state index contributed by atoms with van der Waals surface area (Å²) in [6.07, 6.45) is 2.08. The normalized spacial score (nSPS) is 12.8. The molecule has 0 aromatic carbocycles. The van der Waals surface area contributed by atoms with Crippen molar-refractivity contribution in [1.29, 1.82) is 0 Å². The Bertz CT molecular complexity index is 484. The standard InChI is InChI=1S/C18H34N4O2.HI/c1-7-19-18(21-12-10-17(13(3)4)23-8-2)20-11-9-16-14(5)22-24-15(16)6;/h13,17H,7-12H2,1-6H3,(H2,19,20,21);1H. The number of aliphatic imine (C=N–C) groups is 1. The lowest BCUT2D eigenvalue weighted by Gasteiger charge is -2.20. The molecule has 0 saturated heterocycles. The van der Waals surface area contributed by atoms with Gasteiger partial charge in [-0.2, -0.15) is 0 Å². The number of nitrogens with one attached hydrogen (secondary N) is 2. The molecule has 1 heterocycles. The molecule has 1 unspecified atom stereocenters. The summed E-state index contributed by atoms with van der Waals surface area (Å²) in [6.45, 7) is 15.6. The van der Waals surface area contributed by atoms with Crippen LogP contribution in [-0.2, 0) is 11.2 Å². The fourth-order valence-corrected chi connectivity index (χ4v) is 2.63. The first-order chi connectivity index (χ1) is 11.5. The minimum atomic E-state index is 0. The summed E-state index contributed by atoms with van der Waals surface area (Å²) >= 11 is 0. The van der Waals surface area contributed by atoms with E-state index >= 15 is 0 Å². The van der Waals surface area contributed by atoms with Gasteiger partial charge < -0.3 is 19.9 Å². The maximum atomic E-state index is 5.77. The van der Waals surface area contributed by atoms with E-state index in [0.29, 0.717) is 5.92 Å². The number of aryl methyl sites for hydroxylation is 2. The maximum Gasteiger partial charge on any atom is 0.191 e. The van der Waals surface area contributed by atoms with Crippen LogP contribution in [0.15, 0.2) is 9.52 Å². The Balaban J connectivity index is 0.00000576. The van der Waals surface area contributed by atoms with E-state index in [4.69, 9.17) is 9.26 Å². The third-order valence-corrected chi connectivity index (χ3v) is 4.00. The van der Waals surface area contributed by atoms with E-state index in [9.17, 15) is 0 Å². The fourth-order valence-electron chi connectivity index (χ4n) is 2.63. The summed E-state index contributed by atoms with van der Waals surface area (Å²) in [5.41, 5.74) is 2.14. The third-order valence-electron chi connectivity index (χ3n) is 4.00. The first kappa shape index (κ1) is 24.2. The molecular formula is C18H35IN4O2. The van der Waals surface area contributed by atoms with Crippen LogP contribution >= 0.6 is 24.0 Å². The molecule has 1 aromatic heterocycles. The van der Waals surface area contributed by atoms with Crippen LogP contribution in [0.1, 0.15) is 51.1 Å². The maximum absolute atomic E-state index is 5.77. The van der Waals surface area contributed by atoms with Crippen molar-refractivity contribution in [3.63, 3.8) is 0 Å². The molecule has 0 amide bonds. The molecule has 0 saturated carbocycles. The molecule has 0 aliphatic carbocycles. The van der Waals surface area contributed by atoms with Crippen molar-refractivity contribution in [1.82, 2.24) is 15.8 Å². The van der Waals surface area contributed by atoms with Crippen LogP contribution in [0, 0.1) is 19.8 Å². The zero-order valence-corrected chi connectivity index (χ0v) is 18.8. The van der Waals surface area contributed by atoms with Crippen molar-refractivity contribution in [2.45, 2.75) is 60.5 Å². The highest BCUT2D eigenvalue weighted by Crippen LogP contribution is 2.12. The van der Waals surface area contributed by atoms with Crippen LogP contribution in [0.2, 0.25) is 0 Å². The van der Waals surface area contributed by atoms with Gasteiger partial charge in [-0.25, -0.2) is 0 Å². The quantitative estimate of drug-likeness (QED) is 0.314. The smallest absolute Gasteiger partial charge is 0.191 e. The Kier molecular flexibility index (Phi) is 12.9. The second-order valence-corrected chi connectivity index (χ2v) is 6.27. The van der Waals surface area contributed by atoms with E-state index in [1.165, 1.54) is 5.56 Å². The average molecular weight is 466 g/mol. The lowest BCUT2D eigenvalue weighted by molar-refractivity contribution is 0.0266. The van der Waals surface area contributed by atoms with Crippen molar-refractivity contribution in [3.05, 3.63) is 17.0 Å². The summed E-state index contributed by atoms with van der Waals surface area (Å²) in [4.78, 5) is 4.66. The number of guanidine groups is 1. The summed E-state index contributed by atoms with van der Waals surface area (Å²) < 4.78 is 11.0. The van der Waals surface area contributed by atoms with Crippen molar-refractivity contribution < 1.29 is 9.26 Å². The Morgan fingerprint density at radius 3 is 2.48 bits per heavy atom. The van der Waals surface area contributed by atoms with Gasteiger partial charge in [-0.05, 0) is 46.5 Å². The third kappa shape index (κ3) is 8.89. The zero-order valence-electron chi connectivity index (χ0n) is 16.5. The topological polar surface area (TPSA) is 71.7 Å². The van der Waals surface area contributed by atoms with E-state index in [-0.39, 0.29) is 30.1 Å². The minimum absolute atomic E-state index is 0. The summed E-state index contributed by atoms with van der Waals surface area (Å²) in [5, 5.41) is 10.7. The van der Waals surface area contributed by atoms with Gasteiger partial charge in [0.25, 0.3) is 0 Å².